The van der Waals surface area contributed by atoms with Crippen LogP contribution in [0, 0.1) is 13.8 Å². The van der Waals surface area contributed by atoms with Crippen molar-refractivity contribution in [2.24, 2.45) is 5.14 Å². The van der Waals surface area contributed by atoms with E-state index < -0.39 is 10.0 Å². The van der Waals surface area contributed by atoms with Gasteiger partial charge < -0.3 is 5.73 Å². The molecule has 112 valence electrons. The van der Waals surface area contributed by atoms with E-state index in [2.05, 4.69) is 32.0 Å². The van der Waals surface area contributed by atoms with Crippen molar-refractivity contribution in [3.8, 4) is 0 Å². The Morgan fingerprint density at radius 3 is 2.19 bits per heavy atom. The quantitative estimate of drug-likeness (QED) is 0.669. The second kappa shape index (κ2) is 6.09. The fraction of sp³-hybridized carbons (Fsp3) is 0.200. The van der Waals surface area contributed by atoms with Crippen LogP contribution in [0.4, 0.5) is 5.69 Å². The van der Waals surface area contributed by atoms with Crippen LogP contribution >= 0.6 is 11.8 Å². The summed E-state index contributed by atoms with van der Waals surface area (Å²) in [5.41, 5.74) is 9.63. The Labute approximate surface area is 129 Å². The number of rotatable bonds is 4. The first-order valence-corrected chi connectivity index (χ1v) is 8.91. The van der Waals surface area contributed by atoms with Crippen molar-refractivity contribution >= 4 is 27.5 Å². The van der Waals surface area contributed by atoms with Crippen LogP contribution in [-0.4, -0.2) is 8.42 Å². The van der Waals surface area contributed by atoms with Crippen molar-refractivity contribution in [3.05, 3.63) is 53.1 Å². The Morgan fingerprint density at radius 2 is 1.67 bits per heavy atom. The molecule has 0 saturated heterocycles. The molecule has 0 heterocycles. The molecule has 4 nitrogen and oxygen atoms in total. The molecule has 0 aliphatic heterocycles. The molecule has 2 aromatic carbocycles. The minimum Gasteiger partial charge on any atom is -0.398 e. The molecule has 2 aromatic rings. The molecule has 0 unspecified atom stereocenters. The van der Waals surface area contributed by atoms with Crippen LogP contribution in [0.2, 0.25) is 0 Å². The maximum absolute atomic E-state index is 11.3. The summed E-state index contributed by atoms with van der Waals surface area (Å²) in [4.78, 5) is 0.886. The number of primary sulfonamides is 1. The molecule has 0 amide bonds. The molecule has 0 aliphatic rings. The third-order valence-electron chi connectivity index (χ3n) is 2.97. The van der Waals surface area contributed by atoms with Crippen molar-refractivity contribution in [1.29, 1.82) is 0 Å². The predicted octanol–water partition coefficient (Wildman–Crippen LogP) is 2.83. The Bertz CT molecular complexity index is 751. The highest BCUT2D eigenvalue weighted by Crippen LogP contribution is 2.28. The second-order valence-corrected chi connectivity index (χ2v) is 7.61. The smallest absolute Gasteiger partial charge is 0.240 e. The maximum Gasteiger partial charge on any atom is 0.240 e. The average molecular weight is 322 g/mol. The Morgan fingerprint density at radius 1 is 1.05 bits per heavy atom. The summed E-state index contributed by atoms with van der Waals surface area (Å²) in [5, 5.41) is 5.09. The molecular weight excluding hydrogens is 304 g/mol. The van der Waals surface area contributed by atoms with Crippen LogP contribution in [0.25, 0.3) is 0 Å². The first-order valence-electron chi connectivity index (χ1n) is 6.38. The maximum atomic E-state index is 11.3. The highest BCUT2D eigenvalue weighted by atomic mass is 32.2. The summed E-state index contributed by atoms with van der Waals surface area (Å²) in [6, 6.07) is 11.2. The lowest BCUT2D eigenvalue weighted by Gasteiger charge is -2.08. The van der Waals surface area contributed by atoms with E-state index in [1.54, 1.807) is 23.9 Å². The predicted molar refractivity (Wildman–Crippen MR) is 87.7 cm³/mol. The number of benzene rings is 2. The lowest BCUT2D eigenvalue weighted by atomic mass is 10.1. The van der Waals surface area contributed by atoms with Gasteiger partial charge in [-0.2, -0.15) is 0 Å². The number of nitrogen functional groups attached to an aromatic ring is 1. The number of nitrogens with two attached hydrogens (primary N) is 2. The summed E-state index contributed by atoms with van der Waals surface area (Å²) in [5.74, 6) is 0.802. The van der Waals surface area contributed by atoms with Crippen LogP contribution in [0.1, 0.15) is 16.7 Å². The topological polar surface area (TPSA) is 86.2 Å². The van der Waals surface area contributed by atoms with Gasteiger partial charge in [0.25, 0.3) is 0 Å². The van der Waals surface area contributed by atoms with Gasteiger partial charge in [0.05, 0.1) is 5.69 Å². The minimum absolute atomic E-state index is 0.0294. The zero-order valence-corrected chi connectivity index (χ0v) is 13.6. The molecule has 0 aliphatic carbocycles. The summed E-state index contributed by atoms with van der Waals surface area (Å²) in [7, 11) is -3.76. The Kier molecular flexibility index (Phi) is 4.61. The molecule has 0 saturated carbocycles. The SMILES string of the molecule is Cc1cc(C)cc(CSc2ccc(S(N)(=O)=O)c(N)c2)c1. The van der Waals surface area contributed by atoms with Gasteiger partial charge in [-0.3, -0.25) is 0 Å². The standard InChI is InChI=1S/C15H18N2O2S2/c1-10-5-11(2)7-12(6-10)9-20-13-3-4-15(14(16)8-13)21(17,18)19/h3-8H,9,16H2,1-2H3,(H2,17,18,19). The molecule has 4 N–H and O–H groups in total. The lowest BCUT2D eigenvalue weighted by Crippen LogP contribution is -2.14. The van der Waals surface area contributed by atoms with Gasteiger partial charge in [0.1, 0.15) is 4.90 Å². The fourth-order valence-corrected chi connectivity index (χ4v) is 3.71. The van der Waals surface area contributed by atoms with Crippen molar-refractivity contribution in [2.75, 3.05) is 5.73 Å². The number of thioether (sulfide) groups is 1. The summed E-state index contributed by atoms with van der Waals surface area (Å²) in [6.45, 7) is 4.14. The number of aryl methyl sites for hydroxylation is 2. The van der Waals surface area contributed by atoms with E-state index in [-0.39, 0.29) is 10.6 Å². The van der Waals surface area contributed by atoms with Crippen LogP contribution in [0.3, 0.4) is 0 Å². The number of hydrogen-bond donors (Lipinski definition) is 2. The summed E-state index contributed by atoms with van der Waals surface area (Å²) < 4.78 is 22.6. The van der Waals surface area contributed by atoms with E-state index in [4.69, 9.17) is 10.9 Å². The van der Waals surface area contributed by atoms with E-state index >= 15 is 0 Å². The number of hydrogen-bond acceptors (Lipinski definition) is 4. The van der Waals surface area contributed by atoms with Crippen molar-refractivity contribution in [1.82, 2.24) is 0 Å². The van der Waals surface area contributed by atoms with Crippen molar-refractivity contribution < 1.29 is 8.42 Å². The minimum atomic E-state index is -3.76. The van der Waals surface area contributed by atoms with Crippen LogP contribution < -0.4 is 10.9 Å². The molecule has 0 bridgehead atoms. The normalized spacial score (nSPS) is 11.6. The Balaban J connectivity index is 2.16. The molecule has 21 heavy (non-hydrogen) atoms. The van der Waals surface area contributed by atoms with E-state index in [1.165, 1.54) is 22.8 Å². The lowest BCUT2D eigenvalue weighted by molar-refractivity contribution is 0.598. The highest BCUT2D eigenvalue weighted by Gasteiger charge is 2.12. The molecule has 0 aromatic heterocycles. The van der Waals surface area contributed by atoms with Gasteiger partial charge >= 0.3 is 0 Å². The molecular formula is C15H18N2O2S2. The van der Waals surface area contributed by atoms with Gasteiger partial charge in [0.15, 0.2) is 0 Å². The van der Waals surface area contributed by atoms with Crippen LogP contribution in [0.5, 0.6) is 0 Å². The molecule has 0 radical (unpaired) electrons. The van der Waals surface area contributed by atoms with Gasteiger partial charge in [-0.15, -0.1) is 11.8 Å². The molecule has 6 heteroatoms. The van der Waals surface area contributed by atoms with Crippen molar-refractivity contribution in [3.63, 3.8) is 0 Å². The largest absolute Gasteiger partial charge is 0.398 e. The Hall–Kier alpha value is -1.50. The number of sulfonamides is 1. The number of anilines is 1. The zero-order chi connectivity index (χ0) is 15.6. The van der Waals surface area contributed by atoms with Crippen molar-refractivity contribution in [2.45, 2.75) is 29.4 Å². The van der Waals surface area contributed by atoms with E-state index in [9.17, 15) is 8.42 Å². The van der Waals surface area contributed by atoms with Gasteiger partial charge in [-0.1, -0.05) is 29.3 Å². The van der Waals surface area contributed by atoms with Gasteiger partial charge in [0.2, 0.25) is 10.0 Å². The molecule has 0 atom stereocenters. The van der Waals surface area contributed by atoms with E-state index in [0.29, 0.717) is 0 Å². The second-order valence-electron chi connectivity index (χ2n) is 5.03. The van der Waals surface area contributed by atoms with Crippen LogP contribution in [0.15, 0.2) is 46.2 Å². The monoisotopic (exact) mass is 322 g/mol. The first kappa shape index (κ1) is 15.9. The molecule has 0 spiro atoms. The molecule has 2 rings (SSSR count). The van der Waals surface area contributed by atoms with E-state index in [1.807, 2.05) is 0 Å². The summed E-state index contributed by atoms with van der Waals surface area (Å²) >= 11 is 1.61. The zero-order valence-electron chi connectivity index (χ0n) is 12.0. The van der Waals surface area contributed by atoms with Gasteiger partial charge in [-0.05, 0) is 37.6 Å². The fourth-order valence-electron chi connectivity index (χ4n) is 2.19. The third-order valence-corrected chi connectivity index (χ3v) is 5.02. The highest BCUT2D eigenvalue weighted by molar-refractivity contribution is 7.98. The first-order chi connectivity index (χ1) is 9.75. The van der Waals surface area contributed by atoms with Gasteiger partial charge in [-0.25, -0.2) is 13.6 Å². The van der Waals surface area contributed by atoms with Crippen LogP contribution in [-0.2, 0) is 15.8 Å². The van der Waals surface area contributed by atoms with E-state index in [0.717, 1.165) is 10.6 Å². The average Bonchev–Trinajstić information content (AvgIpc) is 2.33. The third kappa shape index (κ3) is 4.23. The molecule has 0 fully saturated rings. The van der Waals surface area contributed by atoms with Gasteiger partial charge in [0, 0.05) is 10.6 Å². The summed E-state index contributed by atoms with van der Waals surface area (Å²) in [6.07, 6.45) is 0.